The Bertz CT molecular complexity index is 493. The Morgan fingerprint density at radius 1 is 1.50 bits per heavy atom. The lowest BCUT2D eigenvalue weighted by Crippen LogP contribution is -2.44. The van der Waals surface area contributed by atoms with Crippen molar-refractivity contribution in [2.45, 2.75) is 45.2 Å². The van der Waals surface area contributed by atoms with Crippen molar-refractivity contribution in [3.05, 3.63) is 21.9 Å². The molecule has 1 aromatic heterocycles. The van der Waals surface area contributed by atoms with E-state index in [1.54, 1.807) is 0 Å². The highest BCUT2D eigenvalue weighted by Gasteiger charge is 2.25. The van der Waals surface area contributed by atoms with Crippen LogP contribution in [0.3, 0.4) is 0 Å². The van der Waals surface area contributed by atoms with Crippen LogP contribution in [0.25, 0.3) is 0 Å². The van der Waals surface area contributed by atoms with Gasteiger partial charge in [0.1, 0.15) is 0 Å². The minimum Gasteiger partial charge on any atom is -0.310 e. The Morgan fingerprint density at radius 3 is 2.89 bits per heavy atom. The van der Waals surface area contributed by atoms with Gasteiger partial charge in [0.05, 0.1) is 11.5 Å². The Morgan fingerprint density at radius 2 is 2.28 bits per heavy atom. The molecule has 0 aliphatic carbocycles. The first-order valence-corrected chi connectivity index (χ1v) is 9.10. The molecule has 5 heteroatoms. The van der Waals surface area contributed by atoms with E-state index in [1.807, 2.05) is 11.3 Å². The summed E-state index contributed by atoms with van der Waals surface area (Å²) in [6, 6.07) is 4.77. The van der Waals surface area contributed by atoms with Gasteiger partial charge in [0.2, 0.25) is 0 Å². The Hall–Kier alpha value is -0.390. The molecule has 0 spiro atoms. The van der Waals surface area contributed by atoms with Crippen LogP contribution in [-0.2, 0) is 16.3 Å². The zero-order chi connectivity index (χ0) is 13.2. The normalized spacial score (nSPS) is 24.9. The van der Waals surface area contributed by atoms with Crippen LogP contribution in [0.5, 0.6) is 0 Å². The number of sulfone groups is 1. The Labute approximate surface area is 114 Å². The van der Waals surface area contributed by atoms with Crippen LogP contribution in [0.15, 0.2) is 12.1 Å². The third-order valence-electron chi connectivity index (χ3n) is 3.29. The van der Waals surface area contributed by atoms with Gasteiger partial charge in [-0.25, -0.2) is 8.42 Å². The molecule has 0 bridgehead atoms. The van der Waals surface area contributed by atoms with Crippen molar-refractivity contribution in [2.75, 3.05) is 11.5 Å². The van der Waals surface area contributed by atoms with Crippen LogP contribution < -0.4 is 5.32 Å². The fourth-order valence-electron chi connectivity index (χ4n) is 2.51. The second-order valence-electron chi connectivity index (χ2n) is 5.24. The molecule has 102 valence electrons. The van der Waals surface area contributed by atoms with Gasteiger partial charge in [-0.15, -0.1) is 11.3 Å². The van der Waals surface area contributed by atoms with Gasteiger partial charge >= 0.3 is 0 Å². The van der Waals surface area contributed by atoms with Gasteiger partial charge in [0.15, 0.2) is 9.84 Å². The standard InChI is InChI=1S/C13H21NO2S2/c1-10(8-13-6-5-11(2)17-13)14-12-4-3-7-18(15,16)9-12/h5-6,10,12,14H,3-4,7-9H2,1-2H3. The molecule has 2 rings (SSSR count). The Balaban J connectivity index is 1.85. The van der Waals surface area contributed by atoms with Crippen LogP contribution in [0.1, 0.15) is 29.5 Å². The second kappa shape index (κ2) is 5.72. The summed E-state index contributed by atoms with van der Waals surface area (Å²) in [6.45, 7) is 4.25. The first-order chi connectivity index (χ1) is 8.44. The fourth-order valence-corrected chi connectivity index (χ4v) is 5.18. The highest BCUT2D eigenvalue weighted by molar-refractivity contribution is 7.91. The topological polar surface area (TPSA) is 46.2 Å². The summed E-state index contributed by atoms with van der Waals surface area (Å²) in [5, 5.41) is 3.46. The van der Waals surface area contributed by atoms with Crippen molar-refractivity contribution in [3.63, 3.8) is 0 Å². The summed E-state index contributed by atoms with van der Waals surface area (Å²) < 4.78 is 23.1. The maximum atomic E-state index is 11.6. The van der Waals surface area contributed by atoms with Crippen LogP contribution >= 0.6 is 11.3 Å². The number of thiophene rings is 1. The van der Waals surface area contributed by atoms with Gasteiger partial charge in [-0.1, -0.05) is 0 Å². The largest absolute Gasteiger partial charge is 0.310 e. The van der Waals surface area contributed by atoms with Crippen molar-refractivity contribution in [1.29, 1.82) is 0 Å². The van der Waals surface area contributed by atoms with Gasteiger partial charge in [-0.2, -0.15) is 0 Å². The summed E-state index contributed by atoms with van der Waals surface area (Å²) in [5.74, 6) is 0.671. The van der Waals surface area contributed by atoms with Crippen molar-refractivity contribution < 1.29 is 8.42 Å². The molecule has 1 saturated heterocycles. The summed E-state index contributed by atoms with van der Waals surface area (Å²) in [6.07, 6.45) is 2.76. The molecule has 1 N–H and O–H groups in total. The predicted molar refractivity (Wildman–Crippen MR) is 77.0 cm³/mol. The molecule has 1 fully saturated rings. The number of nitrogens with one attached hydrogen (secondary N) is 1. The molecule has 2 unspecified atom stereocenters. The predicted octanol–water partition coefficient (Wildman–Crippen LogP) is 2.15. The van der Waals surface area contributed by atoms with Gasteiger partial charge in [0.25, 0.3) is 0 Å². The lowest BCUT2D eigenvalue weighted by atomic mass is 10.1. The molecule has 0 amide bonds. The van der Waals surface area contributed by atoms with Gasteiger partial charge in [0, 0.05) is 21.8 Å². The molecule has 2 heterocycles. The van der Waals surface area contributed by atoms with Gasteiger partial charge < -0.3 is 5.32 Å². The van der Waals surface area contributed by atoms with E-state index >= 15 is 0 Å². The third-order valence-corrected chi connectivity index (χ3v) is 6.13. The van der Waals surface area contributed by atoms with Crippen LogP contribution in [0, 0.1) is 6.92 Å². The quantitative estimate of drug-likeness (QED) is 0.923. The maximum Gasteiger partial charge on any atom is 0.151 e. The molecule has 0 aromatic carbocycles. The Kier molecular flexibility index (Phi) is 4.45. The number of rotatable bonds is 4. The SMILES string of the molecule is Cc1ccc(CC(C)NC2CCCS(=O)(=O)C2)s1. The molecule has 0 radical (unpaired) electrons. The van der Waals surface area contributed by atoms with Gasteiger partial charge in [-0.3, -0.25) is 0 Å². The number of aryl methyl sites for hydroxylation is 1. The summed E-state index contributed by atoms with van der Waals surface area (Å²) >= 11 is 1.82. The second-order valence-corrected chi connectivity index (χ2v) is 8.84. The van der Waals surface area contributed by atoms with Crippen molar-refractivity contribution >= 4 is 21.2 Å². The smallest absolute Gasteiger partial charge is 0.151 e. The van der Waals surface area contributed by atoms with Crippen molar-refractivity contribution in [2.24, 2.45) is 0 Å². The third kappa shape index (κ3) is 4.07. The van der Waals surface area contributed by atoms with E-state index in [0.29, 0.717) is 17.5 Å². The summed E-state index contributed by atoms with van der Waals surface area (Å²) in [5.41, 5.74) is 0. The van der Waals surface area contributed by atoms with E-state index in [4.69, 9.17) is 0 Å². The van der Waals surface area contributed by atoms with E-state index < -0.39 is 9.84 Å². The van der Waals surface area contributed by atoms with E-state index in [-0.39, 0.29) is 6.04 Å². The zero-order valence-corrected chi connectivity index (χ0v) is 12.6. The molecule has 3 nitrogen and oxygen atoms in total. The molecular formula is C13H21NO2S2. The molecule has 2 atom stereocenters. The highest BCUT2D eigenvalue weighted by Crippen LogP contribution is 2.18. The van der Waals surface area contributed by atoms with Gasteiger partial charge in [-0.05, 0) is 45.2 Å². The number of hydrogen-bond acceptors (Lipinski definition) is 4. The van der Waals surface area contributed by atoms with Crippen LogP contribution in [-0.4, -0.2) is 32.0 Å². The monoisotopic (exact) mass is 287 g/mol. The highest BCUT2D eigenvalue weighted by atomic mass is 32.2. The summed E-state index contributed by atoms with van der Waals surface area (Å²) in [4.78, 5) is 2.70. The lowest BCUT2D eigenvalue weighted by Gasteiger charge is -2.26. The lowest BCUT2D eigenvalue weighted by molar-refractivity contribution is 0.429. The van der Waals surface area contributed by atoms with Crippen molar-refractivity contribution in [1.82, 2.24) is 5.32 Å². The van der Waals surface area contributed by atoms with E-state index in [1.165, 1.54) is 9.75 Å². The average molecular weight is 287 g/mol. The van der Waals surface area contributed by atoms with Crippen LogP contribution in [0.4, 0.5) is 0 Å². The van der Waals surface area contributed by atoms with Crippen molar-refractivity contribution in [3.8, 4) is 0 Å². The number of hydrogen-bond donors (Lipinski definition) is 1. The minimum absolute atomic E-state index is 0.139. The molecule has 1 aromatic rings. The molecule has 0 saturated carbocycles. The minimum atomic E-state index is -2.81. The molecular weight excluding hydrogens is 266 g/mol. The molecule has 18 heavy (non-hydrogen) atoms. The summed E-state index contributed by atoms with van der Waals surface area (Å²) in [7, 11) is -2.81. The van der Waals surface area contributed by atoms with E-state index in [2.05, 4.69) is 31.3 Å². The molecule has 1 aliphatic rings. The van der Waals surface area contributed by atoms with E-state index in [9.17, 15) is 8.42 Å². The first kappa shape index (κ1) is 14.0. The molecule has 1 aliphatic heterocycles. The average Bonchev–Trinajstić information content (AvgIpc) is 2.62. The van der Waals surface area contributed by atoms with E-state index in [0.717, 1.165) is 19.3 Å². The zero-order valence-electron chi connectivity index (χ0n) is 11.0. The maximum absolute atomic E-state index is 11.6. The first-order valence-electron chi connectivity index (χ1n) is 6.46. The fraction of sp³-hybridized carbons (Fsp3) is 0.692. The van der Waals surface area contributed by atoms with Crippen LogP contribution in [0.2, 0.25) is 0 Å².